The third-order valence-electron chi connectivity index (χ3n) is 3.09. The molecule has 18 heavy (non-hydrogen) atoms. The van der Waals surface area contributed by atoms with Crippen molar-refractivity contribution in [3.8, 4) is 0 Å². The van der Waals surface area contributed by atoms with Gasteiger partial charge < -0.3 is 15.8 Å². The van der Waals surface area contributed by atoms with E-state index in [0.29, 0.717) is 18.4 Å². The number of nitrogens with one attached hydrogen (secondary N) is 1. The predicted octanol–water partition coefficient (Wildman–Crippen LogP) is 0.508. The zero-order valence-electron chi connectivity index (χ0n) is 10.2. The number of esters is 1. The molecule has 0 saturated heterocycles. The van der Waals surface area contributed by atoms with Gasteiger partial charge in [-0.2, -0.15) is 0 Å². The molecule has 1 aliphatic carbocycles. The molecular weight excluding hydrogens is 232 g/mol. The van der Waals surface area contributed by atoms with Crippen LogP contribution in [-0.4, -0.2) is 24.5 Å². The molecule has 1 aromatic rings. The smallest absolute Gasteiger partial charge is 0.333 e. The summed E-state index contributed by atoms with van der Waals surface area (Å²) in [5.41, 5.74) is 5.67. The van der Waals surface area contributed by atoms with Gasteiger partial charge in [0.25, 0.3) is 0 Å². The van der Waals surface area contributed by atoms with E-state index in [2.05, 4.69) is 5.32 Å². The van der Waals surface area contributed by atoms with Crippen LogP contribution in [0.1, 0.15) is 24.4 Å². The van der Waals surface area contributed by atoms with Crippen molar-refractivity contribution in [3.63, 3.8) is 0 Å². The molecular formula is C13H16N2O3. The van der Waals surface area contributed by atoms with Gasteiger partial charge in [0.05, 0.1) is 12.6 Å². The lowest BCUT2D eigenvalue weighted by atomic mass is 10.1. The number of amides is 1. The van der Waals surface area contributed by atoms with Crippen molar-refractivity contribution < 1.29 is 14.3 Å². The third kappa shape index (κ3) is 2.51. The van der Waals surface area contributed by atoms with E-state index in [1.807, 2.05) is 6.07 Å². The minimum atomic E-state index is -0.805. The lowest BCUT2D eigenvalue weighted by molar-refractivity contribution is -0.145. The Balaban J connectivity index is 2.16. The number of carbonyl (C=O) groups is 2. The first-order valence-corrected chi connectivity index (χ1v) is 5.79. The molecule has 1 amide bonds. The van der Waals surface area contributed by atoms with E-state index < -0.39 is 17.6 Å². The van der Waals surface area contributed by atoms with Crippen LogP contribution in [0.5, 0.6) is 0 Å². The van der Waals surface area contributed by atoms with Gasteiger partial charge in [-0.25, -0.2) is 4.79 Å². The van der Waals surface area contributed by atoms with E-state index in [4.69, 9.17) is 10.5 Å². The molecule has 5 heteroatoms. The van der Waals surface area contributed by atoms with Crippen LogP contribution in [0.4, 0.5) is 0 Å². The van der Waals surface area contributed by atoms with E-state index in [1.165, 1.54) is 7.11 Å². The maximum absolute atomic E-state index is 11.9. The average Bonchev–Trinajstić information content (AvgIpc) is 3.15. The van der Waals surface area contributed by atoms with E-state index in [-0.39, 0.29) is 5.91 Å². The second-order valence-electron chi connectivity index (χ2n) is 4.50. The number of rotatable bonds is 4. The van der Waals surface area contributed by atoms with Crippen molar-refractivity contribution in [2.75, 3.05) is 7.11 Å². The quantitative estimate of drug-likeness (QED) is 0.761. The van der Waals surface area contributed by atoms with Crippen LogP contribution in [-0.2, 0) is 14.3 Å². The number of ether oxygens (including phenoxy) is 1. The van der Waals surface area contributed by atoms with Crippen molar-refractivity contribution in [2.24, 2.45) is 5.73 Å². The summed E-state index contributed by atoms with van der Waals surface area (Å²) < 4.78 is 4.71. The van der Waals surface area contributed by atoms with Crippen molar-refractivity contribution in [1.29, 1.82) is 0 Å². The van der Waals surface area contributed by atoms with Gasteiger partial charge in [0, 0.05) is 0 Å². The van der Waals surface area contributed by atoms with Crippen LogP contribution in [0.2, 0.25) is 0 Å². The first-order valence-electron chi connectivity index (χ1n) is 5.79. The summed E-state index contributed by atoms with van der Waals surface area (Å²) in [6.07, 6.45) is 1.31. The molecule has 0 aliphatic heterocycles. The third-order valence-corrected chi connectivity index (χ3v) is 3.09. The Bertz CT molecular complexity index is 455. The van der Waals surface area contributed by atoms with E-state index >= 15 is 0 Å². The molecule has 1 aliphatic rings. The van der Waals surface area contributed by atoms with Gasteiger partial charge in [0.2, 0.25) is 5.91 Å². The normalized spacial score (nSPS) is 17.7. The molecule has 1 fully saturated rings. The van der Waals surface area contributed by atoms with Gasteiger partial charge in [-0.3, -0.25) is 4.79 Å². The van der Waals surface area contributed by atoms with Gasteiger partial charge in [-0.15, -0.1) is 0 Å². The summed E-state index contributed by atoms with van der Waals surface area (Å²) in [4.78, 5) is 23.6. The Morgan fingerprint density at radius 2 is 1.94 bits per heavy atom. The van der Waals surface area contributed by atoms with Gasteiger partial charge >= 0.3 is 5.97 Å². The fourth-order valence-electron chi connectivity index (χ4n) is 1.68. The highest BCUT2D eigenvalue weighted by atomic mass is 16.5. The van der Waals surface area contributed by atoms with E-state index in [9.17, 15) is 9.59 Å². The van der Waals surface area contributed by atoms with Crippen molar-refractivity contribution in [2.45, 2.75) is 24.4 Å². The lowest BCUT2D eigenvalue weighted by Gasteiger charge is -2.19. The second kappa shape index (κ2) is 4.78. The molecule has 0 bridgehead atoms. The van der Waals surface area contributed by atoms with Gasteiger partial charge in [-0.05, 0) is 18.4 Å². The maximum Gasteiger partial charge on any atom is 0.333 e. The summed E-state index contributed by atoms with van der Waals surface area (Å²) in [6, 6.07) is 8.16. The number of hydrogen-bond acceptors (Lipinski definition) is 4. The first-order chi connectivity index (χ1) is 8.57. The summed E-state index contributed by atoms with van der Waals surface area (Å²) >= 11 is 0. The number of hydrogen-bond donors (Lipinski definition) is 2. The van der Waals surface area contributed by atoms with Crippen LogP contribution in [0.3, 0.4) is 0 Å². The van der Waals surface area contributed by atoms with Crippen LogP contribution in [0.15, 0.2) is 30.3 Å². The monoisotopic (exact) mass is 248 g/mol. The summed E-state index contributed by atoms with van der Waals surface area (Å²) in [6.45, 7) is 0. The SMILES string of the molecule is COC(=O)C(NC(=O)C1(N)CC1)c1ccccc1. The zero-order chi connectivity index (χ0) is 13.2. The van der Waals surface area contributed by atoms with Crippen LogP contribution in [0, 0.1) is 0 Å². The molecule has 2 rings (SSSR count). The largest absolute Gasteiger partial charge is 0.467 e. The highest BCUT2D eigenvalue weighted by Crippen LogP contribution is 2.33. The molecule has 1 aromatic carbocycles. The van der Waals surface area contributed by atoms with Crippen LogP contribution >= 0.6 is 0 Å². The molecule has 1 saturated carbocycles. The number of carbonyl (C=O) groups excluding carboxylic acids is 2. The van der Waals surface area contributed by atoms with Crippen molar-refractivity contribution >= 4 is 11.9 Å². The molecule has 0 aromatic heterocycles. The van der Waals surface area contributed by atoms with E-state index in [1.54, 1.807) is 24.3 Å². The Morgan fingerprint density at radius 1 is 1.33 bits per heavy atom. The lowest BCUT2D eigenvalue weighted by Crippen LogP contribution is -2.46. The fourth-order valence-corrected chi connectivity index (χ4v) is 1.68. The molecule has 1 unspecified atom stereocenters. The van der Waals surface area contributed by atoms with Crippen molar-refractivity contribution in [1.82, 2.24) is 5.32 Å². The molecule has 3 N–H and O–H groups in total. The minimum absolute atomic E-state index is 0.304. The topological polar surface area (TPSA) is 81.4 Å². The van der Waals surface area contributed by atoms with Crippen LogP contribution in [0.25, 0.3) is 0 Å². The molecule has 0 spiro atoms. The minimum Gasteiger partial charge on any atom is -0.467 e. The van der Waals surface area contributed by atoms with Gasteiger partial charge in [-0.1, -0.05) is 30.3 Å². The summed E-state index contributed by atoms with van der Waals surface area (Å²) in [7, 11) is 1.29. The Morgan fingerprint density at radius 3 is 2.44 bits per heavy atom. The predicted molar refractivity (Wildman–Crippen MR) is 65.5 cm³/mol. The number of benzene rings is 1. The van der Waals surface area contributed by atoms with Gasteiger partial charge in [0.1, 0.15) is 0 Å². The summed E-state index contributed by atoms with van der Waals surface area (Å²) in [5.74, 6) is -0.805. The first kappa shape index (κ1) is 12.6. The molecule has 0 heterocycles. The Labute approximate surface area is 105 Å². The molecule has 96 valence electrons. The molecule has 0 radical (unpaired) electrons. The van der Waals surface area contributed by atoms with Crippen LogP contribution < -0.4 is 11.1 Å². The average molecular weight is 248 g/mol. The number of methoxy groups -OCH3 is 1. The molecule has 5 nitrogen and oxygen atoms in total. The highest BCUT2D eigenvalue weighted by molar-refractivity contribution is 5.92. The second-order valence-corrected chi connectivity index (χ2v) is 4.50. The van der Waals surface area contributed by atoms with Gasteiger partial charge in [0.15, 0.2) is 6.04 Å². The molecule has 1 atom stereocenters. The summed E-state index contributed by atoms with van der Waals surface area (Å²) in [5, 5.41) is 2.65. The van der Waals surface area contributed by atoms with E-state index in [0.717, 1.165) is 0 Å². The standard InChI is InChI=1S/C13H16N2O3/c1-18-11(16)10(9-5-3-2-4-6-9)15-12(17)13(14)7-8-13/h2-6,10H,7-8,14H2,1H3,(H,15,17). The van der Waals surface area contributed by atoms with Crippen molar-refractivity contribution in [3.05, 3.63) is 35.9 Å². The Kier molecular flexibility index (Phi) is 3.34. The number of nitrogens with two attached hydrogens (primary N) is 1. The fraction of sp³-hybridized carbons (Fsp3) is 0.385. The maximum atomic E-state index is 11.9. The Hall–Kier alpha value is -1.88. The highest BCUT2D eigenvalue weighted by Gasteiger charge is 2.47. The zero-order valence-corrected chi connectivity index (χ0v) is 10.2.